The van der Waals surface area contributed by atoms with E-state index in [0.29, 0.717) is 50.2 Å². The fourth-order valence-corrected chi connectivity index (χ4v) is 4.02. The van der Waals surface area contributed by atoms with Gasteiger partial charge in [0.15, 0.2) is 0 Å². The second kappa shape index (κ2) is 9.95. The zero-order chi connectivity index (χ0) is 19.9. The summed E-state index contributed by atoms with van der Waals surface area (Å²) < 4.78 is 10.8. The summed E-state index contributed by atoms with van der Waals surface area (Å²) >= 11 is 6.41. The molecule has 2 aliphatic heterocycles. The zero-order valence-electron chi connectivity index (χ0n) is 15.8. The van der Waals surface area contributed by atoms with Gasteiger partial charge in [-0.15, -0.1) is 0 Å². The van der Waals surface area contributed by atoms with Crippen LogP contribution in [0.2, 0.25) is 5.02 Å². The van der Waals surface area contributed by atoms with Crippen molar-refractivity contribution in [1.82, 2.24) is 5.32 Å². The molecule has 2 heterocycles. The minimum atomic E-state index is -0.437. The highest BCUT2D eigenvalue weighted by Gasteiger charge is 2.27. The van der Waals surface area contributed by atoms with Crippen molar-refractivity contribution in [3.63, 3.8) is 0 Å². The predicted octanol–water partition coefficient (Wildman–Crippen LogP) is 1.97. The number of hydrogen-bond acceptors (Lipinski definition) is 5. The fourth-order valence-electron chi connectivity index (χ4n) is 3.72. The van der Waals surface area contributed by atoms with Gasteiger partial charge in [0.2, 0.25) is 5.91 Å². The monoisotopic (exact) mass is 410 g/mol. The number of primary amides is 1. The van der Waals surface area contributed by atoms with Gasteiger partial charge < -0.3 is 30.7 Å². The van der Waals surface area contributed by atoms with Crippen LogP contribution in [0, 0.1) is 5.92 Å². The molecule has 8 nitrogen and oxygen atoms in total. The topological polar surface area (TPSA) is 106 Å². The summed E-state index contributed by atoms with van der Waals surface area (Å²) in [6.45, 7) is 3.87. The number of benzene rings is 1. The first-order valence-electron chi connectivity index (χ1n) is 9.59. The Morgan fingerprint density at radius 2 is 1.86 bits per heavy atom. The molecular weight excluding hydrogens is 384 g/mol. The molecule has 28 heavy (non-hydrogen) atoms. The first-order valence-corrected chi connectivity index (χ1v) is 9.97. The van der Waals surface area contributed by atoms with E-state index in [9.17, 15) is 9.59 Å². The lowest BCUT2D eigenvalue weighted by molar-refractivity contribution is -0.118. The molecule has 154 valence electrons. The van der Waals surface area contributed by atoms with Gasteiger partial charge in [-0.2, -0.15) is 0 Å². The van der Waals surface area contributed by atoms with E-state index >= 15 is 0 Å². The second-order valence-electron chi connectivity index (χ2n) is 7.06. The van der Waals surface area contributed by atoms with E-state index in [4.69, 9.17) is 26.8 Å². The van der Waals surface area contributed by atoms with Gasteiger partial charge in [-0.05, 0) is 30.9 Å². The number of halogens is 1. The summed E-state index contributed by atoms with van der Waals surface area (Å²) in [6.07, 6.45) is 1.67. The normalized spacial score (nSPS) is 19.1. The van der Waals surface area contributed by atoms with Crippen LogP contribution in [0.15, 0.2) is 18.2 Å². The number of carbonyl (C=O) groups excluding carboxylic acids is 2. The van der Waals surface area contributed by atoms with E-state index < -0.39 is 5.91 Å². The number of hydrogen-bond donors (Lipinski definition) is 3. The minimum absolute atomic E-state index is 0.101. The second-order valence-corrected chi connectivity index (χ2v) is 7.47. The first kappa shape index (κ1) is 20.7. The molecule has 1 aromatic rings. The SMILES string of the molecule is NC(=O)C[C@H](NC(=O)Nc1cccc(Cl)c1N1CCOCC1)C1CCOCC1. The number of para-hydroxylation sites is 1. The molecular formula is C19H27ClN4O4. The van der Waals surface area contributed by atoms with Gasteiger partial charge in [-0.25, -0.2) is 4.79 Å². The lowest BCUT2D eigenvalue weighted by Crippen LogP contribution is -2.46. The third kappa shape index (κ3) is 5.50. The Morgan fingerprint density at radius 3 is 2.54 bits per heavy atom. The Hall–Kier alpha value is -2.03. The Morgan fingerprint density at radius 1 is 1.18 bits per heavy atom. The van der Waals surface area contributed by atoms with Gasteiger partial charge in [0.05, 0.1) is 29.6 Å². The Bertz CT molecular complexity index is 691. The van der Waals surface area contributed by atoms with Crippen molar-refractivity contribution in [2.75, 3.05) is 49.7 Å². The van der Waals surface area contributed by atoms with Gasteiger partial charge in [0.1, 0.15) is 0 Å². The highest BCUT2D eigenvalue weighted by Crippen LogP contribution is 2.34. The molecule has 0 aromatic heterocycles. The third-order valence-electron chi connectivity index (χ3n) is 5.13. The molecule has 3 amide bonds. The van der Waals surface area contributed by atoms with Crippen molar-refractivity contribution in [2.45, 2.75) is 25.3 Å². The molecule has 0 radical (unpaired) electrons. The number of nitrogens with one attached hydrogen (secondary N) is 2. The van der Waals surface area contributed by atoms with Crippen LogP contribution in [-0.4, -0.2) is 57.5 Å². The van der Waals surface area contributed by atoms with Crippen LogP contribution in [-0.2, 0) is 14.3 Å². The number of nitrogens with zero attached hydrogens (tertiary/aromatic N) is 1. The molecule has 0 aliphatic carbocycles. The van der Waals surface area contributed by atoms with Crippen molar-refractivity contribution < 1.29 is 19.1 Å². The summed E-state index contributed by atoms with van der Waals surface area (Å²) in [7, 11) is 0. The summed E-state index contributed by atoms with van der Waals surface area (Å²) in [6, 6.07) is 4.70. The number of amides is 3. The third-order valence-corrected chi connectivity index (χ3v) is 5.44. The summed E-state index contributed by atoms with van der Waals surface area (Å²) in [5, 5.41) is 6.38. The van der Waals surface area contributed by atoms with Gasteiger partial charge in [-0.1, -0.05) is 17.7 Å². The standard InChI is InChI=1S/C19H27ClN4O4/c20-14-2-1-3-15(18(14)24-6-10-28-11-7-24)22-19(26)23-16(12-17(21)25)13-4-8-27-9-5-13/h1-3,13,16H,4-12H2,(H2,21,25)(H2,22,23,26)/t16-/m0/s1. The molecule has 4 N–H and O–H groups in total. The van der Waals surface area contributed by atoms with E-state index in [1.165, 1.54) is 0 Å². The van der Waals surface area contributed by atoms with Crippen molar-refractivity contribution >= 4 is 34.9 Å². The van der Waals surface area contributed by atoms with E-state index in [0.717, 1.165) is 18.5 Å². The van der Waals surface area contributed by atoms with E-state index in [1.54, 1.807) is 12.1 Å². The molecule has 1 aromatic carbocycles. The van der Waals surface area contributed by atoms with Crippen molar-refractivity contribution in [3.05, 3.63) is 23.2 Å². The summed E-state index contributed by atoms with van der Waals surface area (Å²) in [5.41, 5.74) is 6.79. The maximum absolute atomic E-state index is 12.7. The average molecular weight is 411 g/mol. The number of anilines is 2. The molecule has 2 saturated heterocycles. The van der Waals surface area contributed by atoms with Gasteiger partial charge in [-0.3, -0.25) is 4.79 Å². The number of carbonyl (C=O) groups is 2. The lowest BCUT2D eigenvalue weighted by Gasteiger charge is -2.32. The highest BCUT2D eigenvalue weighted by atomic mass is 35.5. The molecule has 0 saturated carbocycles. The molecule has 3 rings (SSSR count). The van der Waals surface area contributed by atoms with Crippen molar-refractivity contribution in [2.24, 2.45) is 11.7 Å². The molecule has 0 unspecified atom stereocenters. The maximum Gasteiger partial charge on any atom is 0.319 e. The molecule has 2 aliphatic rings. The van der Waals surface area contributed by atoms with Gasteiger partial charge in [0, 0.05) is 38.8 Å². The molecule has 2 fully saturated rings. The molecule has 1 atom stereocenters. The van der Waals surface area contributed by atoms with Crippen LogP contribution in [0.25, 0.3) is 0 Å². The minimum Gasteiger partial charge on any atom is -0.381 e. The highest BCUT2D eigenvalue weighted by molar-refractivity contribution is 6.34. The molecule has 9 heteroatoms. The zero-order valence-corrected chi connectivity index (χ0v) is 16.5. The summed E-state index contributed by atoms with van der Waals surface area (Å²) in [5.74, 6) is -0.279. The van der Waals surface area contributed by atoms with E-state index in [1.807, 2.05) is 6.07 Å². The maximum atomic E-state index is 12.7. The van der Waals surface area contributed by atoms with Crippen LogP contribution in [0.3, 0.4) is 0 Å². The number of urea groups is 1. The van der Waals surface area contributed by atoms with Crippen molar-refractivity contribution in [3.8, 4) is 0 Å². The lowest BCUT2D eigenvalue weighted by atomic mass is 9.89. The number of ether oxygens (including phenoxy) is 2. The fraction of sp³-hybridized carbons (Fsp3) is 0.579. The number of morpholine rings is 1. The average Bonchev–Trinajstić information content (AvgIpc) is 2.68. The van der Waals surface area contributed by atoms with Crippen LogP contribution >= 0.6 is 11.6 Å². The van der Waals surface area contributed by atoms with Crippen LogP contribution < -0.4 is 21.3 Å². The first-order chi connectivity index (χ1) is 13.5. The van der Waals surface area contributed by atoms with Crippen LogP contribution in [0.1, 0.15) is 19.3 Å². The molecule has 0 bridgehead atoms. The van der Waals surface area contributed by atoms with E-state index in [-0.39, 0.29) is 24.4 Å². The van der Waals surface area contributed by atoms with Gasteiger partial charge >= 0.3 is 6.03 Å². The quantitative estimate of drug-likeness (QED) is 0.664. The van der Waals surface area contributed by atoms with Crippen LogP contribution in [0.4, 0.5) is 16.2 Å². The Kier molecular flexibility index (Phi) is 7.36. The largest absolute Gasteiger partial charge is 0.381 e. The van der Waals surface area contributed by atoms with Crippen LogP contribution in [0.5, 0.6) is 0 Å². The Balaban J connectivity index is 1.70. The van der Waals surface area contributed by atoms with Gasteiger partial charge in [0.25, 0.3) is 0 Å². The smallest absolute Gasteiger partial charge is 0.319 e. The predicted molar refractivity (Wildman–Crippen MR) is 108 cm³/mol. The van der Waals surface area contributed by atoms with E-state index in [2.05, 4.69) is 15.5 Å². The summed E-state index contributed by atoms with van der Waals surface area (Å²) in [4.78, 5) is 26.3. The Labute approximate surface area is 169 Å². The van der Waals surface area contributed by atoms with Crippen molar-refractivity contribution in [1.29, 1.82) is 0 Å². The number of nitrogens with two attached hydrogens (primary N) is 1. The number of rotatable bonds is 6. The molecule has 0 spiro atoms.